The normalized spacial score (nSPS) is 20.1. The van der Waals surface area contributed by atoms with Crippen LogP contribution in [0.1, 0.15) is 49.2 Å². The summed E-state index contributed by atoms with van der Waals surface area (Å²) >= 11 is 0. The molecule has 38 heavy (non-hydrogen) atoms. The number of unbranched alkanes of at least 4 members (excludes halogenated alkanes) is 1. The van der Waals surface area contributed by atoms with Gasteiger partial charge >= 0.3 is 0 Å². The number of benzene rings is 1. The van der Waals surface area contributed by atoms with E-state index in [2.05, 4.69) is 24.3 Å². The van der Waals surface area contributed by atoms with Gasteiger partial charge in [-0.15, -0.1) is 0 Å². The van der Waals surface area contributed by atoms with E-state index in [0.29, 0.717) is 70.4 Å². The zero-order valence-electron chi connectivity index (χ0n) is 23.1. The number of carbonyl (C=O) groups excluding carboxylic acids is 2. The number of rotatable bonds is 11. The van der Waals surface area contributed by atoms with Crippen molar-refractivity contribution in [1.82, 2.24) is 24.9 Å². The molecule has 2 aliphatic heterocycles. The first-order valence-corrected chi connectivity index (χ1v) is 14.0. The van der Waals surface area contributed by atoms with Crippen LogP contribution in [0.2, 0.25) is 0 Å². The van der Waals surface area contributed by atoms with E-state index in [1.54, 1.807) is 13.3 Å². The van der Waals surface area contributed by atoms with Crippen LogP contribution in [-0.2, 0) is 20.7 Å². The van der Waals surface area contributed by atoms with E-state index in [-0.39, 0.29) is 23.8 Å². The third-order valence-corrected chi connectivity index (χ3v) is 7.37. The van der Waals surface area contributed by atoms with E-state index in [9.17, 15) is 9.59 Å². The summed E-state index contributed by atoms with van der Waals surface area (Å²) in [7, 11) is 1.71. The molecule has 0 bridgehead atoms. The number of methoxy groups -OCH3 is 1. The summed E-state index contributed by atoms with van der Waals surface area (Å²) in [6.45, 7) is 9.36. The van der Waals surface area contributed by atoms with Gasteiger partial charge in [0.25, 0.3) is 5.91 Å². The van der Waals surface area contributed by atoms with Gasteiger partial charge in [0.1, 0.15) is 0 Å². The highest BCUT2D eigenvalue weighted by molar-refractivity contribution is 5.95. The van der Waals surface area contributed by atoms with Crippen LogP contribution in [-0.4, -0.2) is 97.1 Å². The first-order valence-electron chi connectivity index (χ1n) is 14.0. The molecule has 1 aromatic heterocycles. The molecule has 2 amide bonds. The van der Waals surface area contributed by atoms with Gasteiger partial charge in [-0.1, -0.05) is 32.0 Å². The zero-order chi connectivity index (χ0) is 26.9. The Balaban J connectivity index is 1.58. The van der Waals surface area contributed by atoms with Crippen molar-refractivity contribution in [2.75, 3.05) is 59.7 Å². The highest BCUT2D eigenvalue weighted by Crippen LogP contribution is 2.25. The van der Waals surface area contributed by atoms with Crippen LogP contribution in [0.15, 0.2) is 36.5 Å². The molecule has 0 spiro atoms. The second-order valence-corrected chi connectivity index (χ2v) is 10.7. The molecule has 0 saturated carbocycles. The smallest absolute Gasteiger partial charge is 0.257 e. The highest BCUT2D eigenvalue weighted by atomic mass is 16.5. The number of carbonyl (C=O) groups is 2. The van der Waals surface area contributed by atoms with Crippen LogP contribution in [0.5, 0.6) is 0 Å². The molecule has 2 aliphatic rings. The Bertz CT molecular complexity index is 1030. The SMILES string of the molecule is COCCCCc1c(C(=O)N(CC(C)C)[C@@H]2CNCC(C(=O)N3CCOCC3)C2)cnn1-c1ccccc1. The highest BCUT2D eigenvalue weighted by Gasteiger charge is 2.36. The lowest BCUT2D eigenvalue weighted by molar-refractivity contribution is -0.140. The number of para-hydroxylation sites is 1. The average Bonchev–Trinajstić information content (AvgIpc) is 3.38. The molecule has 2 aromatic rings. The van der Waals surface area contributed by atoms with Crippen LogP contribution in [0.25, 0.3) is 5.69 Å². The minimum absolute atomic E-state index is 0.00565. The number of hydrogen-bond donors (Lipinski definition) is 1. The van der Waals surface area contributed by atoms with Crippen LogP contribution in [0.4, 0.5) is 0 Å². The molecule has 1 N–H and O–H groups in total. The van der Waals surface area contributed by atoms with Crippen molar-refractivity contribution in [3.8, 4) is 5.69 Å². The Hall–Kier alpha value is -2.75. The number of morpholine rings is 1. The number of nitrogens with zero attached hydrogens (tertiary/aromatic N) is 4. The predicted octanol–water partition coefficient (Wildman–Crippen LogP) is 2.78. The summed E-state index contributed by atoms with van der Waals surface area (Å²) in [6, 6.07) is 9.91. The van der Waals surface area contributed by atoms with Gasteiger partial charge in [0.15, 0.2) is 0 Å². The molecular weight excluding hydrogens is 482 g/mol. The molecule has 0 aliphatic carbocycles. The topological polar surface area (TPSA) is 88.9 Å². The molecule has 3 heterocycles. The Morgan fingerprint density at radius 3 is 2.63 bits per heavy atom. The number of nitrogens with one attached hydrogen (secondary N) is 1. The van der Waals surface area contributed by atoms with E-state index in [1.807, 2.05) is 44.8 Å². The Kier molecular flexibility index (Phi) is 10.3. The van der Waals surface area contributed by atoms with E-state index < -0.39 is 0 Å². The summed E-state index contributed by atoms with van der Waals surface area (Å²) < 4.78 is 12.6. The summed E-state index contributed by atoms with van der Waals surface area (Å²) in [5.74, 6) is 0.311. The molecule has 2 saturated heterocycles. The van der Waals surface area contributed by atoms with E-state index in [1.165, 1.54) is 0 Å². The molecule has 1 aromatic carbocycles. The van der Waals surface area contributed by atoms with Gasteiger partial charge in [-0.2, -0.15) is 5.10 Å². The first-order chi connectivity index (χ1) is 18.5. The lowest BCUT2D eigenvalue weighted by Crippen LogP contribution is -2.56. The lowest BCUT2D eigenvalue weighted by Gasteiger charge is -2.40. The number of piperidine rings is 1. The fourth-order valence-electron chi connectivity index (χ4n) is 5.46. The van der Waals surface area contributed by atoms with E-state index in [0.717, 1.165) is 30.6 Å². The Labute approximate surface area is 226 Å². The summed E-state index contributed by atoms with van der Waals surface area (Å²) in [5, 5.41) is 8.12. The maximum Gasteiger partial charge on any atom is 0.257 e. The van der Waals surface area contributed by atoms with Crippen molar-refractivity contribution in [3.63, 3.8) is 0 Å². The average molecular weight is 526 g/mol. The Morgan fingerprint density at radius 2 is 1.92 bits per heavy atom. The number of ether oxygens (including phenoxy) is 2. The van der Waals surface area contributed by atoms with Crippen molar-refractivity contribution >= 4 is 11.8 Å². The molecule has 208 valence electrons. The quantitative estimate of drug-likeness (QED) is 0.454. The predicted molar refractivity (Wildman–Crippen MR) is 146 cm³/mol. The van der Waals surface area contributed by atoms with Crippen LogP contribution in [0, 0.1) is 11.8 Å². The van der Waals surface area contributed by atoms with Crippen LogP contribution < -0.4 is 5.32 Å². The minimum Gasteiger partial charge on any atom is -0.385 e. The van der Waals surface area contributed by atoms with E-state index >= 15 is 0 Å². The summed E-state index contributed by atoms with van der Waals surface area (Å²) in [6.07, 6.45) is 4.93. The van der Waals surface area contributed by atoms with Crippen molar-refractivity contribution in [3.05, 3.63) is 47.8 Å². The molecule has 2 atom stereocenters. The van der Waals surface area contributed by atoms with Crippen molar-refractivity contribution in [1.29, 1.82) is 0 Å². The van der Waals surface area contributed by atoms with Crippen LogP contribution >= 0.6 is 0 Å². The second kappa shape index (κ2) is 13.9. The third kappa shape index (κ3) is 7.01. The molecule has 2 fully saturated rings. The van der Waals surface area contributed by atoms with Gasteiger partial charge in [0.05, 0.1) is 42.3 Å². The maximum atomic E-state index is 14.2. The minimum atomic E-state index is -0.144. The fraction of sp³-hybridized carbons (Fsp3) is 0.621. The van der Waals surface area contributed by atoms with Gasteiger partial charge in [-0.25, -0.2) is 4.68 Å². The fourth-order valence-corrected chi connectivity index (χ4v) is 5.46. The van der Waals surface area contributed by atoms with Gasteiger partial charge in [0.2, 0.25) is 5.91 Å². The Morgan fingerprint density at radius 1 is 1.16 bits per heavy atom. The molecule has 0 radical (unpaired) electrons. The van der Waals surface area contributed by atoms with Crippen molar-refractivity contribution < 1.29 is 19.1 Å². The number of amides is 2. The third-order valence-electron chi connectivity index (χ3n) is 7.37. The second-order valence-electron chi connectivity index (χ2n) is 10.7. The van der Waals surface area contributed by atoms with Crippen molar-refractivity contribution in [2.24, 2.45) is 11.8 Å². The van der Waals surface area contributed by atoms with Gasteiger partial charge < -0.3 is 24.6 Å². The first kappa shape index (κ1) is 28.3. The van der Waals surface area contributed by atoms with Gasteiger partial charge in [0, 0.05) is 52.5 Å². The molecule has 9 heteroatoms. The zero-order valence-corrected chi connectivity index (χ0v) is 23.1. The molecule has 4 rings (SSSR count). The monoisotopic (exact) mass is 525 g/mol. The molecule has 9 nitrogen and oxygen atoms in total. The van der Waals surface area contributed by atoms with E-state index in [4.69, 9.17) is 9.47 Å². The van der Waals surface area contributed by atoms with Crippen LogP contribution in [0.3, 0.4) is 0 Å². The largest absolute Gasteiger partial charge is 0.385 e. The maximum absolute atomic E-state index is 14.2. The summed E-state index contributed by atoms with van der Waals surface area (Å²) in [4.78, 5) is 31.4. The van der Waals surface area contributed by atoms with Crippen molar-refractivity contribution in [2.45, 2.75) is 45.6 Å². The molecule has 1 unspecified atom stereocenters. The summed E-state index contributed by atoms with van der Waals surface area (Å²) in [5.41, 5.74) is 2.52. The standard InChI is InChI=1S/C29H43N5O4/c1-22(2)21-33(25-17-23(18-30-19-25)28(35)32-12-15-38-16-13-32)29(36)26-20-31-34(24-9-5-4-6-10-24)27(26)11-7-8-14-37-3/h4-6,9-10,20,22-23,25,30H,7-8,11-19,21H2,1-3H3/t23?,25-/m0/s1. The van der Waals surface area contributed by atoms with Gasteiger partial charge in [-0.05, 0) is 43.7 Å². The number of hydrogen-bond acceptors (Lipinski definition) is 6. The number of aromatic nitrogens is 2. The molecular formula is C29H43N5O4. The van der Waals surface area contributed by atoms with Gasteiger partial charge in [-0.3, -0.25) is 9.59 Å². The lowest BCUT2D eigenvalue weighted by atomic mass is 9.92.